The van der Waals surface area contributed by atoms with Crippen molar-refractivity contribution in [3.8, 4) is 117 Å². The number of aromatic nitrogens is 4. The van der Waals surface area contributed by atoms with Crippen LogP contribution in [0.5, 0.6) is 5.75 Å². The molecule has 2 heterocycles. The lowest BCUT2D eigenvalue weighted by Gasteiger charge is -2.34. The fourth-order valence-electron chi connectivity index (χ4n) is 25.9. The van der Waals surface area contributed by atoms with Crippen LogP contribution in [0.25, 0.3) is 133 Å². The minimum absolute atomic E-state index is 0.0213. The highest BCUT2D eigenvalue weighted by Crippen LogP contribution is 2.62. The van der Waals surface area contributed by atoms with Gasteiger partial charge in [-0.15, -0.1) is 0 Å². The van der Waals surface area contributed by atoms with Crippen LogP contribution in [0, 0.1) is 6.92 Å². The van der Waals surface area contributed by atoms with Crippen LogP contribution in [0.2, 0.25) is 0 Å². The second kappa shape index (κ2) is 47.0. The fourth-order valence-corrected chi connectivity index (χ4v) is 27.0. The summed E-state index contributed by atoms with van der Waals surface area (Å²) in [4.78, 5) is 0. The van der Waals surface area contributed by atoms with Gasteiger partial charge in [-0.05, 0) is 260 Å². The standard InChI is InChI=1S/C130H162N4OS2/c1-12-20-28-36-40-48-80-128(81-49-41-37-29-21-13-2)116-85-95(94-53-62-102(63-54-94)135-92(9)10)55-65-109(116)111-68-58-98(88-119(111)128)103-72-74-105(125-123(103)131-136-133-125)100-60-70-113-114-71-61-101(91-122(114)130(121(113)90-100,78-46-34-26-18-7)79-47-35-27-19-8)106-75-73-104(124-126(106)134-137-132-124)99-59-69-112-110-67-57-97(87-118(110)129(120(112)89-99,82-50-42-38-30-22-14-3)83-51-43-39-31-23-15-4)96-56-66-108-107-64-52-93(11)84-115(107)127(117(108)86-96,76-44-32-24-16-5)77-45-33-25-17-6/h52-75,84-92H,12-51,76-83H2,1-11H3. The summed E-state index contributed by atoms with van der Waals surface area (Å²) in [6.45, 7) is 25.4. The summed E-state index contributed by atoms with van der Waals surface area (Å²) in [6, 6.07) is 79.4. The average molecular weight is 1860 g/mol. The first-order valence-corrected chi connectivity index (χ1v) is 57.2. The van der Waals surface area contributed by atoms with E-state index >= 15 is 0 Å². The zero-order chi connectivity index (χ0) is 94.7. The highest BCUT2D eigenvalue weighted by atomic mass is 32.1. The predicted molar refractivity (Wildman–Crippen MR) is 593 cm³/mol. The molecule has 137 heavy (non-hydrogen) atoms. The molecule has 0 bridgehead atoms. The zero-order valence-electron chi connectivity index (χ0n) is 86.0. The third-order valence-corrected chi connectivity index (χ3v) is 34.3. The van der Waals surface area contributed by atoms with Gasteiger partial charge in [0.2, 0.25) is 0 Å². The Labute approximate surface area is 835 Å². The number of aryl methyl sites for hydroxylation is 1. The van der Waals surface area contributed by atoms with Crippen molar-refractivity contribution >= 4 is 45.5 Å². The Morgan fingerprint density at radius 2 is 0.387 bits per heavy atom. The molecule has 17 rings (SSSR count). The molecule has 7 heteroatoms. The van der Waals surface area contributed by atoms with E-state index in [1.54, 1.807) is 16.7 Å². The van der Waals surface area contributed by atoms with Gasteiger partial charge in [0.1, 0.15) is 27.8 Å². The van der Waals surface area contributed by atoms with Gasteiger partial charge in [0.25, 0.3) is 0 Å². The maximum absolute atomic E-state index is 6.17. The Kier molecular flexibility index (Phi) is 34.1. The first kappa shape index (κ1) is 99.4. The molecule has 720 valence electrons. The van der Waals surface area contributed by atoms with E-state index in [2.05, 4.69) is 270 Å². The van der Waals surface area contributed by atoms with Crippen LogP contribution in [0.4, 0.5) is 0 Å². The van der Waals surface area contributed by atoms with E-state index in [-0.39, 0.29) is 27.8 Å². The molecule has 4 aliphatic rings. The van der Waals surface area contributed by atoms with Crippen molar-refractivity contribution in [1.29, 1.82) is 0 Å². The molecule has 0 saturated heterocycles. The van der Waals surface area contributed by atoms with Crippen LogP contribution >= 0.6 is 23.5 Å². The first-order chi connectivity index (χ1) is 67.3. The monoisotopic (exact) mass is 1860 g/mol. The van der Waals surface area contributed by atoms with Crippen LogP contribution in [0.1, 0.15) is 428 Å². The lowest BCUT2D eigenvalue weighted by atomic mass is 9.69. The smallest absolute Gasteiger partial charge is 0.119 e. The largest absolute Gasteiger partial charge is 0.491 e. The van der Waals surface area contributed by atoms with Crippen LogP contribution in [-0.4, -0.2) is 23.6 Å². The van der Waals surface area contributed by atoms with Crippen molar-refractivity contribution in [1.82, 2.24) is 17.5 Å². The number of rotatable bonds is 56. The van der Waals surface area contributed by atoms with Crippen molar-refractivity contribution in [3.63, 3.8) is 0 Å². The van der Waals surface area contributed by atoms with E-state index in [0.717, 1.165) is 66.3 Å². The molecular weight excluding hydrogens is 1700 g/mol. The molecule has 0 spiro atoms. The van der Waals surface area contributed by atoms with Crippen LogP contribution in [0.3, 0.4) is 0 Å². The molecule has 0 saturated carbocycles. The Hall–Kier alpha value is -9.14. The molecule has 13 aromatic rings. The lowest BCUT2D eigenvalue weighted by Crippen LogP contribution is -2.26. The van der Waals surface area contributed by atoms with Crippen molar-refractivity contribution < 1.29 is 4.74 Å². The van der Waals surface area contributed by atoms with Crippen molar-refractivity contribution in [2.75, 3.05) is 0 Å². The van der Waals surface area contributed by atoms with E-state index in [1.807, 2.05) is 0 Å². The van der Waals surface area contributed by atoms with Gasteiger partial charge in [0, 0.05) is 43.9 Å². The molecule has 0 atom stereocenters. The van der Waals surface area contributed by atoms with E-state index in [9.17, 15) is 0 Å². The first-order valence-electron chi connectivity index (χ1n) is 55.8. The topological polar surface area (TPSA) is 60.8 Å². The predicted octanol–water partition coefficient (Wildman–Crippen LogP) is 40.7. The summed E-state index contributed by atoms with van der Waals surface area (Å²) < 4.78 is 27.7. The molecule has 5 nitrogen and oxygen atoms in total. The summed E-state index contributed by atoms with van der Waals surface area (Å²) >= 11 is 2.76. The Morgan fingerprint density at radius 3 is 0.628 bits per heavy atom. The minimum Gasteiger partial charge on any atom is -0.491 e. The van der Waals surface area contributed by atoms with Crippen LogP contribution in [-0.2, 0) is 21.7 Å². The second-order valence-corrected chi connectivity index (χ2v) is 44.0. The fraction of sp³-hybridized carbons (Fsp3) is 0.492. The van der Waals surface area contributed by atoms with Crippen LogP contribution < -0.4 is 4.74 Å². The Balaban J connectivity index is 0.725. The highest BCUT2D eigenvalue weighted by Gasteiger charge is 2.48. The quantitative estimate of drug-likeness (QED) is 0.0356. The number of hydrogen-bond donors (Lipinski definition) is 0. The van der Waals surface area contributed by atoms with E-state index in [4.69, 9.17) is 22.2 Å². The number of hydrogen-bond acceptors (Lipinski definition) is 7. The molecule has 0 aliphatic heterocycles. The van der Waals surface area contributed by atoms with E-state index < -0.39 is 0 Å². The summed E-state index contributed by atoms with van der Waals surface area (Å²) in [7, 11) is 0. The van der Waals surface area contributed by atoms with Gasteiger partial charge in [-0.1, -0.05) is 457 Å². The number of benzene rings is 11. The van der Waals surface area contributed by atoms with Crippen molar-refractivity contribution in [3.05, 3.63) is 244 Å². The van der Waals surface area contributed by atoms with Gasteiger partial charge >= 0.3 is 0 Å². The summed E-state index contributed by atoms with van der Waals surface area (Å²) in [5.41, 5.74) is 43.7. The van der Waals surface area contributed by atoms with Crippen molar-refractivity contribution in [2.45, 2.75) is 412 Å². The minimum atomic E-state index is -0.190. The molecule has 0 fully saturated rings. The Morgan fingerprint density at radius 1 is 0.204 bits per heavy atom. The third kappa shape index (κ3) is 21.0. The third-order valence-electron chi connectivity index (χ3n) is 33.2. The summed E-state index contributed by atoms with van der Waals surface area (Å²) in [5.74, 6) is 0.924. The summed E-state index contributed by atoms with van der Waals surface area (Å²) in [5, 5.41) is 0. The maximum atomic E-state index is 6.17. The zero-order valence-corrected chi connectivity index (χ0v) is 87.6. The van der Waals surface area contributed by atoms with Gasteiger partial charge in [-0.2, -0.15) is 17.5 Å². The SMILES string of the molecule is CCCCCCCCC1(CCCCCCCC)c2cc(-c3ccc(OC(C)C)cc3)ccc2-c2ccc(-c3ccc(-c4ccc5c(c4)C(CCCCCC)(CCCCCC)c4cc(-c6ccc(-c7ccc8c(c7)C(CCCCCCCC)(CCCCCCCC)c7cc(-c9ccc%10c(c9)C(CCCCCC)(CCCCCC)c9cc(C)ccc9-%10)ccc7-8)c7nsnc67)ccc4-5)c4nsnc34)cc21. The number of nitrogens with zero attached hydrogens (tertiary/aromatic N) is 4. The number of unbranched alkanes of at least 4 members (excludes halogenated alkanes) is 32. The van der Waals surface area contributed by atoms with Crippen LogP contribution in [0.15, 0.2) is 194 Å². The molecule has 0 N–H and O–H groups in total. The average Bonchev–Trinajstić information content (AvgIpc) is 1.56. The maximum Gasteiger partial charge on any atom is 0.119 e. The van der Waals surface area contributed by atoms with Gasteiger partial charge in [-0.3, -0.25) is 0 Å². The normalized spacial score (nSPS) is 14.2. The second-order valence-electron chi connectivity index (χ2n) is 42.9. The summed E-state index contributed by atoms with van der Waals surface area (Å²) in [6.07, 6.45) is 60.3. The number of ether oxygens (including phenoxy) is 1. The molecule has 2 aromatic heterocycles. The van der Waals surface area contributed by atoms with Crippen molar-refractivity contribution in [2.24, 2.45) is 0 Å². The molecule has 11 aromatic carbocycles. The highest BCUT2D eigenvalue weighted by molar-refractivity contribution is 7.00. The van der Waals surface area contributed by atoms with E-state index in [0.29, 0.717) is 0 Å². The van der Waals surface area contributed by atoms with Gasteiger partial charge < -0.3 is 4.74 Å². The Bertz CT molecular complexity index is 6130. The number of fused-ring (bicyclic) bond motifs is 14. The molecule has 0 unspecified atom stereocenters. The van der Waals surface area contributed by atoms with Gasteiger partial charge in [0.05, 0.1) is 29.6 Å². The van der Waals surface area contributed by atoms with E-state index in [1.165, 1.54) is 438 Å². The molecule has 0 amide bonds. The molecule has 4 aliphatic carbocycles. The van der Waals surface area contributed by atoms with Gasteiger partial charge in [0.15, 0.2) is 0 Å². The molecule has 0 radical (unpaired) electrons. The molecular formula is C130H162N4OS2. The lowest BCUT2D eigenvalue weighted by molar-refractivity contribution is 0.242. The van der Waals surface area contributed by atoms with Gasteiger partial charge in [-0.25, -0.2) is 0 Å².